The highest BCUT2D eigenvalue weighted by Gasteiger charge is 2.62. The number of benzene rings is 1. The monoisotopic (exact) mass is 748 g/mol. The van der Waals surface area contributed by atoms with E-state index in [1.54, 1.807) is 58.0 Å². The number of carbonyl (C=O) groups is 3. The Kier molecular flexibility index (Phi) is 12.2. The molecule has 1 aromatic carbocycles. The van der Waals surface area contributed by atoms with Gasteiger partial charge in [0.05, 0.1) is 24.1 Å². The van der Waals surface area contributed by atoms with Gasteiger partial charge in [-0.2, -0.15) is 10.2 Å². The fourth-order valence-corrected chi connectivity index (χ4v) is 7.35. The number of para-hydroxylation sites is 1. The third-order valence-electron chi connectivity index (χ3n) is 8.73. The number of aromatic nitrogens is 3. The number of esters is 3. The zero-order valence-electron chi connectivity index (χ0n) is 30.0. The summed E-state index contributed by atoms with van der Waals surface area (Å²) in [6.07, 6.45) is -2.88. The number of nitrogen functional groups attached to an aromatic ring is 1. The highest BCUT2D eigenvalue weighted by atomic mass is 31.2. The summed E-state index contributed by atoms with van der Waals surface area (Å²) in [6.45, 7) is 6.86. The van der Waals surface area contributed by atoms with Crippen LogP contribution in [0.2, 0.25) is 0 Å². The van der Waals surface area contributed by atoms with Crippen molar-refractivity contribution in [3.63, 3.8) is 0 Å². The van der Waals surface area contributed by atoms with Crippen LogP contribution in [0.1, 0.15) is 52.8 Å². The van der Waals surface area contributed by atoms with Crippen LogP contribution in [0.5, 0.6) is 5.75 Å². The summed E-state index contributed by atoms with van der Waals surface area (Å²) in [7, 11) is -2.68. The largest absolute Gasteiger partial charge is 0.460 e. The molecule has 2 aliphatic heterocycles. The maximum atomic E-state index is 15.8. The van der Waals surface area contributed by atoms with E-state index in [1.807, 2.05) is 11.9 Å². The zero-order chi connectivity index (χ0) is 37.8. The Hall–Kier alpha value is -4.15. The molecule has 0 aliphatic carbocycles. The van der Waals surface area contributed by atoms with Crippen LogP contribution < -0.4 is 15.3 Å². The SMILES string of the molecule is CC(C)C(=O)O[C@H]1[C@H](c2ccc3c(N)ncnn23)O[C@](CF)(CO[P@@](=O)(N[C@@H](C)C(=O)O[C@@H]2CCN(C)C2)Oc2ccccc2)[C@H]1OC(=O)C(C)C. The van der Waals surface area contributed by atoms with Crippen LogP contribution in [0.3, 0.4) is 0 Å². The molecule has 16 nitrogen and oxygen atoms in total. The molecule has 52 heavy (non-hydrogen) atoms. The standard InChI is InChI=1S/C34H46FN6O10P/c1-20(2)31(42)48-28-27(25-12-13-26-30(36)37-19-38-41(25)26)50-34(17-35,29(28)49-32(43)21(3)4)18-46-52(45,51-23-10-8-7-9-11-23)39-22(5)33(44)47-24-14-15-40(6)16-24/h7-13,19-22,24,27-29H,14-18H2,1-6H3,(H,39,45)(H2,36,37,38)/t22-,24+,27-,28-,29-,34+,52-/m0/s1. The molecule has 0 radical (unpaired) electrons. The predicted molar refractivity (Wildman–Crippen MR) is 185 cm³/mol. The van der Waals surface area contributed by atoms with Gasteiger partial charge in [-0.3, -0.25) is 18.9 Å². The van der Waals surface area contributed by atoms with Crippen molar-refractivity contribution < 1.29 is 51.3 Å². The van der Waals surface area contributed by atoms with E-state index in [2.05, 4.69) is 15.2 Å². The number of rotatable bonds is 15. The topological polar surface area (TPSA) is 195 Å². The fourth-order valence-electron chi connectivity index (χ4n) is 5.81. The van der Waals surface area contributed by atoms with Crippen LogP contribution in [0, 0.1) is 11.8 Å². The number of carbonyl (C=O) groups excluding carboxylic acids is 3. The van der Waals surface area contributed by atoms with E-state index in [0.29, 0.717) is 18.5 Å². The van der Waals surface area contributed by atoms with Gasteiger partial charge in [0.15, 0.2) is 23.6 Å². The van der Waals surface area contributed by atoms with E-state index in [9.17, 15) is 18.9 Å². The minimum absolute atomic E-state index is 0.110. The number of alkyl halides is 1. The number of likely N-dealkylation sites (N-methyl/N-ethyl adjacent to an activating group) is 1. The normalized spacial score (nSPS) is 25.2. The number of nitrogens with zero attached hydrogens (tertiary/aromatic N) is 4. The van der Waals surface area contributed by atoms with Gasteiger partial charge in [0.1, 0.15) is 42.5 Å². The predicted octanol–water partition coefficient (Wildman–Crippen LogP) is 3.66. The molecule has 0 amide bonds. The second-order valence-corrected chi connectivity index (χ2v) is 15.3. The van der Waals surface area contributed by atoms with Crippen LogP contribution in [-0.2, 0) is 42.4 Å². The maximum Gasteiger partial charge on any atom is 0.459 e. The van der Waals surface area contributed by atoms with Gasteiger partial charge in [-0.1, -0.05) is 45.9 Å². The van der Waals surface area contributed by atoms with Crippen molar-refractivity contribution in [2.75, 3.05) is 39.2 Å². The van der Waals surface area contributed by atoms with Crippen LogP contribution in [0.15, 0.2) is 48.8 Å². The van der Waals surface area contributed by atoms with E-state index in [-0.39, 0.29) is 23.4 Å². The molecule has 18 heteroatoms. The third kappa shape index (κ3) is 8.72. The number of hydrogen-bond acceptors (Lipinski definition) is 14. The molecule has 0 spiro atoms. The molecule has 5 rings (SSSR count). The molecule has 284 valence electrons. The maximum absolute atomic E-state index is 15.8. The highest BCUT2D eigenvalue weighted by Crippen LogP contribution is 2.50. The number of fused-ring (bicyclic) bond motifs is 1. The van der Waals surface area contributed by atoms with Crippen molar-refractivity contribution in [1.82, 2.24) is 24.6 Å². The average Bonchev–Trinajstić information content (AvgIpc) is 3.80. The van der Waals surface area contributed by atoms with Crippen molar-refractivity contribution >= 4 is 37.0 Å². The summed E-state index contributed by atoms with van der Waals surface area (Å²) in [5.74, 6) is -3.20. The first-order valence-electron chi connectivity index (χ1n) is 17.0. The summed E-state index contributed by atoms with van der Waals surface area (Å²) in [6, 6.07) is 9.99. The van der Waals surface area contributed by atoms with Gasteiger partial charge < -0.3 is 34.1 Å². The van der Waals surface area contributed by atoms with E-state index >= 15 is 4.39 Å². The Labute approximate surface area is 301 Å². The van der Waals surface area contributed by atoms with Crippen LogP contribution >= 0.6 is 7.75 Å². The molecule has 3 N–H and O–H groups in total. The second-order valence-electron chi connectivity index (χ2n) is 13.6. The molecular formula is C34H46FN6O10P. The molecule has 2 aromatic heterocycles. The van der Waals surface area contributed by atoms with Gasteiger partial charge in [-0.15, -0.1) is 0 Å². The van der Waals surface area contributed by atoms with Gasteiger partial charge in [0.25, 0.3) is 0 Å². The van der Waals surface area contributed by atoms with Gasteiger partial charge in [-0.25, -0.2) is 18.5 Å². The van der Waals surface area contributed by atoms with Crippen molar-refractivity contribution in [2.45, 2.75) is 77.1 Å². The number of nitrogens with one attached hydrogen (secondary N) is 1. The van der Waals surface area contributed by atoms with E-state index < -0.39 is 80.7 Å². The Morgan fingerprint density at radius 3 is 2.37 bits per heavy atom. The minimum Gasteiger partial charge on any atom is -0.460 e. The fraction of sp³-hybridized carbons (Fsp3) is 0.559. The summed E-state index contributed by atoms with van der Waals surface area (Å²) in [5.41, 5.74) is 4.49. The summed E-state index contributed by atoms with van der Waals surface area (Å²) in [5, 5.41) is 6.87. The molecule has 4 heterocycles. The molecule has 2 saturated heterocycles. The summed E-state index contributed by atoms with van der Waals surface area (Å²) in [4.78, 5) is 45.4. The molecule has 2 aliphatic rings. The van der Waals surface area contributed by atoms with Gasteiger partial charge in [-0.05, 0) is 44.7 Å². The number of ether oxygens (including phenoxy) is 4. The molecule has 0 bridgehead atoms. The number of likely N-dealkylation sites (tertiary alicyclic amines) is 1. The molecule has 0 saturated carbocycles. The number of hydrogen-bond donors (Lipinski definition) is 2. The van der Waals surface area contributed by atoms with Gasteiger partial charge in [0.2, 0.25) is 0 Å². The molecule has 2 fully saturated rings. The first kappa shape index (κ1) is 39.1. The third-order valence-corrected chi connectivity index (χ3v) is 10.4. The lowest BCUT2D eigenvalue weighted by Crippen LogP contribution is -2.52. The Balaban J connectivity index is 1.51. The van der Waals surface area contributed by atoms with Crippen LogP contribution in [-0.4, -0.2) is 101 Å². The number of anilines is 1. The molecular weight excluding hydrogens is 702 g/mol. The van der Waals surface area contributed by atoms with E-state index in [1.165, 1.54) is 29.9 Å². The van der Waals surface area contributed by atoms with Crippen molar-refractivity contribution in [3.05, 3.63) is 54.5 Å². The lowest BCUT2D eigenvalue weighted by Gasteiger charge is -2.34. The molecule has 3 aromatic rings. The quantitative estimate of drug-likeness (QED) is 0.130. The van der Waals surface area contributed by atoms with Crippen molar-refractivity contribution in [3.8, 4) is 5.75 Å². The van der Waals surface area contributed by atoms with Crippen molar-refractivity contribution in [2.24, 2.45) is 11.8 Å². The average molecular weight is 749 g/mol. The summed E-state index contributed by atoms with van der Waals surface area (Å²) < 4.78 is 67.2. The first-order valence-corrected chi connectivity index (χ1v) is 18.6. The van der Waals surface area contributed by atoms with Crippen LogP contribution in [0.25, 0.3) is 5.52 Å². The number of nitrogens with two attached hydrogens (primary N) is 1. The lowest BCUT2D eigenvalue weighted by atomic mass is 9.95. The number of halogens is 1. The smallest absolute Gasteiger partial charge is 0.459 e. The van der Waals surface area contributed by atoms with Crippen molar-refractivity contribution in [1.29, 1.82) is 0 Å². The Morgan fingerprint density at radius 1 is 1.04 bits per heavy atom. The highest BCUT2D eigenvalue weighted by molar-refractivity contribution is 7.52. The van der Waals surface area contributed by atoms with E-state index in [4.69, 9.17) is 33.7 Å². The molecule has 0 unspecified atom stereocenters. The zero-order valence-corrected chi connectivity index (χ0v) is 30.9. The lowest BCUT2D eigenvalue weighted by molar-refractivity contribution is -0.178. The first-order chi connectivity index (χ1) is 24.6. The van der Waals surface area contributed by atoms with Gasteiger partial charge >= 0.3 is 25.7 Å². The Morgan fingerprint density at radius 2 is 1.73 bits per heavy atom. The van der Waals surface area contributed by atoms with Crippen LogP contribution in [0.4, 0.5) is 10.2 Å². The van der Waals surface area contributed by atoms with Gasteiger partial charge in [0, 0.05) is 13.1 Å². The minimum atomic E-state index is -4.58. The Bertz CT molecular complexity index is 1780. The summed E-state index contributed by atoms with van der Waals surface area (Å²) >= 11 is 0. The van der Waals surface area contributed by atoms with E-state index in [0.717, 1.165) is 6.54 Å². The second kappa shape index (κ2) is 16.3. The molecule has 7 atom stereocenters.